The van der Waals surface area contributed by atoms with Crippen molar-refractivity contribution in [3.63, 3.8) is 0 Å². The number of urea groups is 1. The molecule has 2 aromatic rings. The quantitative estimate of drug-likeness (QED) is 0.423. The molecule has 9 nitrogen and oxygen atoms in total. The fourth-order valence-electron chi connectivity index (χ4n) is 4.95. The number of piperidine rings is 1. The summed E-state index contributed by atoms with van der Waals surface area (Å²) in [6.45, 7) is 5.61. The molecule has 1 fully saturated rings. The molecule has 0 aromatic heterocycles. The molecule has 2 heterocycles. The highest BCUT2D eigenvalue weighted by Gasteiger charge is 2.52. The number of hydrogen-bond acceptors (Lipinski definition) is 6. The van der Waals surface area contributed by atoms with E-state index >= 15 is 0 Å². The maximum Gasteiger partial charge on any atom is 0.329 e. The smallest absolute Gasteiger partial charge is 0.329 e. The van der Waals surface area contributed by atoms with Crippen LogP contribution in [0.3, 0.4) is 0 Å². The Labute approximate surface area is 219 Å². The molecule has 2 aromatic carbocycles. The molecular weight excluding hydrogens is 528 g/mol. The second-order valence-corrected chi connectivity index (χ2v) is 10.2. The van der Waals surface area contributed by atoms with Crippen LogP contribution in [0.4, 0.5) is 16.2 Å². The average Bonchev–Trinajstić information content (AvgIpc) is 2.87. The summed E-state index contributed by atoms with van der Waals surface area (Å²) < 4.78 is 11.4. The summed E-state index contributed by atoms with van der Waals surface area (Å²) in [6, 6.07) is 9.17. The molecular formula is C26H33BrN4O5. The lowest BCUT2D eigenvalue weighted by molar-refractivity contribution is -0.140. The Hall–Kier alpha value is -2.82. The molecule has 1 saturated heterocycles. The number of nitrogens with one attached hydrogen (secondary N) is 2. The molecule has 2 atom stereocenters. The van der Waals surface area contributed by atoms with Gasteiger partial charge in [-0.1, -0.05) is 22.9 Å². The van der Waals surface area contributed by atoms with Crippen molar-refractivity contribution in [2.75, 3.05) is 50.6 Å². The van der Waals surface area contributed by atoms with Crippen molar-refractivity contribution >= 4 is 39.2 Å². The third kappa shape index (κ3) is 5.16. The van der Waals surface area contributed by atoms with Crippen LogP contribution in [0.5, 0.6) is 11.5 Å². The van der Waals surface area contributed by atoms with Crippen molar-refractivity contribution in [3.8, 4) is 11.5 Å². The molecule has 194 valence electrons. The van der Waals surface area contributed by atoms with Crippen LogP contribution in [-0.2, 0) is 10.5 Å². The number of nitrogens with zero attached hydrogens (tertiary/aromatic N) is 2. The minimum Gasteiger partial charge on any atom is -0.497 e. The van der Waals surface area contributed by atoms with Crippen LogP contribution < -0.4 is 25.0 Å². The van der Waals surface area contributed by atoms with E-state index in [0.717, 1.165) is 31.0 Å². The van der Waals surface area contributed by atoms with Gasteiger partial charge in [0.25, 0.3) is 11.6 Å². The lowest BCUT2D eigenvalue weighted by atomic mass is 9.94. The van der Waals surface area contributed by atoms with Crippen molar-refractivity contribution in [1.29, 1.82) is 0 Å². The monoisotopic (exact) mass is 560 g/mol. The van der Waals surface area contributed by atoms with Crippen LogP contribution in [0.2, 0.25) is 0 Å². The molecule has 0 bridgehead atoms. The van der Waals surface area contributed by atoms with Gasteiger partial charge in [-0.2, -0.15) is 0 Å². The highest BCUT2D eigenvalue weighted by atomic mass is 79.9. The number of methoxy groups -OCH3 is 2. The largest absolute Gasteiger partial charge is 0.497 e. The number of hydrogen-bond donors (Lipinski definition) is 3. The van der Waals surface area contributed by atoms with E-state index < -0.39 is 17.7 Å². The van der Waals surface area contributed by atoms with Gasteiger partial charge in [0.15, 0.2) is 0 Å². The minimum absolute atomic E-state index is 0.223. The predicted molar refractivity (Wildman–Crippen MR) is 142 cm³/mol. The number of likely N-dealkylation sites (tertiary alicyclic amines) is 1. The Morgan fingerprint density at radius 2 is 2.06 bits per heavy atom. The van der Waals surface area contributed by atoms with Crippen LogP contribution in [0, 0.1) is 5.92 Å². The molecule has 0 unspecified atom stereocenters. The fraction of sp³-hybridized carbons (Fsp3) is 0.462. The van der Waals surface area contributed by atoms with Gasteiger partial charge in [0.1, 0.15) is 11.5 Å². The summed E-state index contributed by atoms with van der Waals surface area (Å²) in [6.07, 6.45) is 3.17. The molecule has 3 N–H and O–H groups in total. The van der Waals surface area contributed by atoms with Gasteiger partial charge >= 0.3 is 6.03 Å². The van der Waals surface area contributed by atoms with Gasteiger partial charge in [-0.25, -0.2) is 9.69 Å². The highest BCUT2D eigenvalue weighted by Crippen LogP contribution is 2.44. The maximum absolute atomic E-state index is 13.7. The lowest BCUT2D eigenvalue weighted by Crippen LogP contribution is -2.62. The zero-order valence-electron chi connectivity index (χ0n) is 20.8. The first kappa shape index (κ1) is 26.2. The normalized spacial score (nSPS) is 22.0. The van der Waals surface area contributed by atoms with Gasteiger partial charge < -0.3 is 30.1 Å². The molecule has 0 aliphatic carbocycles. The van der Waals surface area contributed by atoms with E-state index in [0.29, 0.717) is 28.4 Å². The summed E-state index contributed by atoms with van der Waals surface area (Å²) in [5.41, 5.74) is -1.49. The Bertz CT molecular complexity index is 1130. The number of ether oxygens (including phenoxy) is 2. The number of carbonyl (C=O) groups is 2. The summed E-state index contributed by atoms with van der Waals surface area (Å²) >= 11 is 3.42. The SMILES string of the molecule is COc1ccc(N2C(=O)Nc3ccc(Br)cc3[C@@]2(O)C(=O)NCCCN2CCC[C@@H](C)C2)c(OC)c1. The topological polar surface area (TPSA) is 103 Å². The van der Waals surface area contributed by atoms with Crippen LogP contribution in [0.1, 0.15) is 31.7 Å². The van der Waals surface area contributed by atoms with Crippen molar-refractivity contribution in [2.24, 2.45) is 5.92 Å². The summed E-state index contributed by atoms with van der Waals surface area (Å²) in [5, 5.41) is 17.7. The molecule has 3 amide bonds. The van der Waals surface area contributed by atoms with Crippen molar-refractivity contribution in [2.45, 2.75) is 31.9 Å². The number of anilines is 2. The molecule has 0 radical (unpaired) electrons. The van der Waals surface area contributed by atoms with Gasteiger partial charge in [-0.15, -0.1) is 0 Å². The standard InChI is InChI=1S/C26H33BrN4O5/c1-17-6-4-12-30(16-17)13-5-11-28-24(32)26(34)20-14-18(27)7-9-21(20)29-25(33)31(26)22-10-8-19(35-2)15-23(22)36-3/h7-10,14-15,17,34H,4-6,11-13,16H2,1-3H3,(H,28,32)(H,29,33)/t17-,26-/m1/s1. The number of halogens is 1. The number of aliphatic hydroxyl groups is 1. The van der Waals surface area contributed by atoms with E-state index in [4.69, 9.17) is 9.47 Å². The van der Waals surface area contributed by atoms with E-state index in [2.05, 4.69) is 38.4 Å². The molecule has 4 rings (SSSR count). The first-order valence-electron chi connectivity index (χ1n) is 12.1. The molecule has 0 spiro atoms. The van der Waals surface area contributed by atoms with Gasteiger partial charge in [0.2, 0.25) is 0 Å². The lowest BCUT2D eigenvalue weighted by Gasteiger charge is -2.43. The zero-order valence-corrected chi connectivity index (χ0v) is 22.4. The van der Waals surface area contributed by atoms with E-state index in [-0.39, 0.29) is 17.0 Å². The number of benzene rings is 2. The highest BCUT2D eigenvalue weighted by molar-refractivity contribution is 9.10. The van der Waals surface area contributed by atoms with Crippen LogP contribution in [-0.4, -0.2) is 62.3 Å². The van der Waals surface area contributed by atoms with E-state index in [1.54, 1.807) is 36.4 Å². The van der Waals surface area contributed by atoms with Crippen LogP contribution in [0.15, 0.2) is 40.9 Å². The van der Waals surface area contributed by atoms with Crippen LogP contribution >= 0.6 is 15.9 Å². The first-order chi connectivity index (χ1) is 17.3. The Morgan fingerprint density at radius 3 is 2.78 bits per heavy atom. The van der Waals surface area contributed by atoms with Gasteiger partial charge in [-0.3, -0.25) is 4.79 Å². The van der Waals surface area contributed by atoms with Crippen LogP contribution in [0.25, 0.3) is 0 Å². The van der Waals surface area contributed by atoms with E-state index in [9.17, 15) is 14.7 Å². The van der Waals surface area contributed by atoms with Crippen molar-refractivity contribution in [1.82, 2.24) is 10.2 Å². The van der Waals surface area contributed by atoms with Gasteiger partial charge in [-0.05, 0) is 68.6 Å². The average molecular weight is 561 g/mol. The second-order valence-electron chi connectivity index (χ2n) is 9.32. The van der Waals surface area contributed by atoms with Crippen molar-refractivity contribution in [3.05, 3.63) is 46.4 Å². The van der Waals surface area contributed by atoms with Gasteiger partial charge in [0.05, 0.1) is 25.6 Å². The molecule has 2 aliphatic heterocycles. The van der Waals surface area contributed by atoms with Crippen molar-refractivity contribution < 1.29 is 24.2 Å². The molecule has 10 heteroatoms. The predicted octanol–water partition coefficient (Wildman–Crippen LogP) is 3.90. The number of carbonyl (C=O) groups excluding carboxylic acids is 2. The molecule has 0 saturated carbocycles. The first-order valence-corrected chi connectivity index (χ1v) is 12.9. The third-order valence-electron chi connectivity index (χ3n) is 6.75. The second kappa shape index (κ2) is 11.1. The number of rotatable bonds is 8. The Morgan fingerprint density at radius 1 is 1.25 bits per heavy atom. The van der Waals surface area contributed by atoms with Gasteiger partial charge in [0, 0.05) is 29.2 Å². The summed E-state index contributed by atoms with van der Waals surface area (Å²) in [4.78, 5) is 30.4. The number of fused-ring (bicyclic) bond motifs is 1. The third-order valence-corrected chi connectivity index (χ3v) is 7.24. The Kier molecular flexibility index (Phi) is 8.07. The molecule has 36 heavy (non-hydrogen) atoms. The number of amides is 3. The van der Waals surface area contributed by atoms with E-state index in [1.807, 2.05) is 0 Å². The summed E-state index contributed by atoms with van der Waals surface area (Å²) in [7, 11) is 2.97. The Balaban J connectivity index is 1.63. The molecule has 2 aliphatic rings. The maximum atomic E-state index is 13.7. The fourth-order valence-corrected chi connectivity index (χ4v) is 5.31. The zero-order chi connectivity index (χ0) is 25.9. The minimum atomic E-state index is -2.32. The van der Waals surface area contributed by atoms with E-state index in [1.165, 1.54) is 27.1 Å². The summed E-state index contributed by atoms with van der Waals surface area (Å²) in [5.74, 6) is 0.768.